The van der Waals surface area contributed by atoms with Crippen LogP contribution in [0.15, 0.2) is 30.0 Å². The largest absolute Gasteiger partial charge is 0.508 e. The summed E-state index contributed by atoms with van der Waals surface area (Å²) in [5.41, 5.74) is 0.193. The van der Waals surface area contributed by atoms with Gasteiger partial charge in [-0.05, 0) is 12.1 Å². The topological polar surface area (TPSA) is 100 Å². The van der Waals surface area contributed by atoms with Gasteiger partial charge in [0.15, 0.2) is 0 Å². The number of nitriles is 2. The van der Waals surface area contributed by atoms with Crippen molar-refractivity contribution in [2.75, 3.05) is 5.32 Å². The molecule has 5 heteroatoms. The van der Waals surface area contributed by atoms with E-state index in [9.17, 15) is 5.11 Å². The standard InChI is InChI=1S/C10H7N3O2/c11-4-7(5-12)6-13-9-2-1-8(14)3-10(9)15/h1-3,6,13-15H. The molecule has 3 N–H and O–H groups in total. The monoisotopic (exact) mass is 201 g/mol. The van der Waals surface area contributed by atoms with E-state index in [4.69, 9.17) is 15.6 Å². The number of phenolic OH excluding ortho intramolecular Hbond substituents is 2. The molecule has 0 bridgehead atoms. The molecule has 0 aliphatic heterocycles. The highest BCUT2D eigenvalue weighted by molar-refractivity contribution is 5.60. The fraction of sp³-hybridized carbons (Fsp3) is 0. The maximum atomic E-state index is 9.33. The summed E-state index contributed by atoms with van der Waals surface area (Å²) in [5, 5.41) is 37.8. The fourth-order valence-electron chi connectivity index (χ4n) is 0.882. The SMILES string of the molecule is N#CC(C#N)=CNc1ccc(O)cc1O. The Bertz CT molecular complexity index is 464. The van der Waals surface area contributed by atoms with Crippen LogP contribution in [0.25, 0.3) is 0 Å². The zero-order valence-corrected chi connectivity index (χ0v) is 7.60. The Labute approximate surface area is 86.1 Å². The van der Waals surface area contributed by atoms with Crippen molar-refractivity contribution in [3.8, 4) is 23.6 Å². The van der Waals surface area contributed by atoms with Crippen LogP contribution in [-0.2, 0) is 0 Å². The molecule has 74 valence electrons. The van der Waals surface area contributed by atoms with Crippen LogP contribution in [-0.4, -0.2) is 10.2 Å². The van der Waals surface area contributed by atoms with Crippen molar-refractivity contribution < 1.29 is 10.2 Å². The highest BCUT2D eigenvalue weighted by atomic mass is 16.3. The summed E-state index contributed by atoms with van der Waals surface area (Å²) in [5.74, 6) is -0.232. The molecule has 1 aromatic carbocycles. The van der Waals surface area contributed by atoms with Crippen molar-refractivity contribution in [3.05, 3.63) is 30.0 Å². The van der Waals surface area contributed by atoms with Gasteiger partial charge in [0.1, 0.15) is 29.2 Å². The van der Waals surface area contributed by atoms with Gasteiger partial charge in [-0.3, -0.25) is 0 Å². The number of nitrogens with zero attached hydrogens (tertiary/aromatic N) is 2. The van der Waals surface area contributed by atoms with Gasteiger partial charge in [0.2, 0.25) is 0 Å². The third-order valence-electron chi connectivity index (χ3n) is 1.59. The van der Waals surface area contributed by atoms with Crippen molar-refractivity contribution in [1.29, 1.82) is 10.5 Å². The predicted molar refractivity (Wildman–Crippen MR) is 52.7 cm³/mol. The Kier molecular flexibility index (Phi) is 3.15. The number of phenols is 2. The van der Waals surface area contributed by atoms with Crippen LogP contribution in [0.1, 0.15) is 0 Å². The van der Waals surface area contributed by atoms with E-state index < -0.39 is 0 Å². The van der Waals surface area contributed by atoms with Gasteiger partial charge in [-0.1, -0.05) is 0 Å². The molecule has 1 aromatic rings. The second-order valence-corrected chi connectivity index (χ2v) is 2.63. The molecule has 0 atom stereocenters. The molecule has 0 radical (unpaired) electrons. The number of hydrogen-bond acceptors (Lipinski definition) is 5. The fourth-order valence-corrected chi connectivity index (χ4v) is 0.882. The van der Waals surface area contributed by atoms with Crippen LogP contribution in [0.2, 0.25) is 0 Å². The Morgan fingerprint density at radius 2 is 1.93 bits per heavy atom. The third kappa shape index (κ3) is 2.64. The lowest BCUT2D eigenvalue weighted by atomic mass is 10.2. The minimum absolute atomic E-state index is 0.0668. The maximum absolute atomic E-state index is 9.33. The summed E-state index contributed by atoms with van der Waals surface area (Å²) >= 11 is 0. The highest BCUT2D eigenvalue weighted by Crippen LogP contribution is 2.27. The van der Waals surface area contributed by atoms with Gasteiger partial charge in [-0.25, -0.2) is 0 Å². The van der Waals surface area contributed by atoms with E-state index in [1.54, 1.807) is 12.1 Å². The van der Waals surface area contributed by atoms with Crippen LogP contribution in [0, 0.1) is 22.7 Å². The second kappa shape index (κ2) is 4.54. The summed E-state index contributed by atoms with van der Waals surface area (Å²) in [4.78, 5) is 0. The zero-order valence-electron chi connectivity index (χ0n) is 7.60. The smallest absolute Gasteiger partial charge is 0.145 e. The second-order valence-electron chi connectivity index (χ2n) is 2.63. The summed E-state index contributed by atoms with van der Waals surface area (Å²) in [6, 6.07) is 7.26. The van der Waals surface area contributed by atoms with Gasteiger partial charge >= 0.3 is 0 Å². The molecule has 0 spiro atoms. The molecule has 0 saturated carbocycles. The first kappa shape index (κ1) is 10.4. The number of nitrogens with one attached hydrogen (secondary N) is 1. The number of benzene rings is 1. The van der Waals surface area contributed by atoms with Crippen LogP contribution in [0.4, 0.5) is 5.69 Å². The van der Waals surface area contributed by atoms with Crippen molar-refractivity contribution in [2.45, 2.75) is 0 Å². The Hall–Kier alpha value is -2.66. The van der Waals surface area contributed by atoms with Crippen molar-refractivity contribution in [3.63, 3.8) is 0 Å². The van der Waals surface area contributed by atoms with Crippen LogP contribution < -0.4 is 5.32 Å². The van der Waals surface area contributed by atoms with Gasteiger partial charge in [-0.2, -0.15) is 10.5 Å². The molecule has 5 nitrogen and oxygen atoms in total. The molecule has 15 heavy (non-hydrogen) atoms. The number of anilines is 1. The lowest BCUT2D eigenvalue weighted by Crippen LogP contribution is -1.89. The highest BCUT2D eigenvalue weighted by Gasteiger charge is 2.00. The number of hydrogen-bond donors (Lipinski definition) is 3. The van der Waals surface area contributed by atoms with E-state index in [2.05, 4.69) is 5.32 Å². The summed E-state index contributed by atoms with van der Waals surface area (Å²) < 4.78 is 0. The summed E-state index contributed by atoms with van der Waals surface area (Å²) in [7, 11) is 0. The first-order valence-corrected chi connectivity index (χ1v) is 3.96. The number of allylic oxidation sites excluding steroid dienone is 1. The Morgan fingerprint density at radius 3 is 2.47 bits per heavy atom. The molecule has 0 aliphatic carbocycles. The van der Waals surface area contributed by atoms with Crippen LogP contribution in [0.5, 0.6) is 11.5 Å². The lowest BCUT2D eigenvalue weighted by Gasteiger charge is -2.03. The molecule has 0 heterocycles. The van der Waals surface area contributed by atoms with Gasteiger partial charge in [0.05, 0.1) is 5.69 Å². The van der Waals surface area contributed by atoms with Crippen molar-refractivity contribution in [1.82, 2.24) is 0 Å². The van der Waals surface area contributed by atoms with Gasteiger partial charge in [-0.15, -0.1) is 0 Å². The van der Waals surface area contributed by atoms with E-state index in [0.717, 1.165) is 6.07 Å². The molecule has 0 saturated heterocycles. The van der Waals surface area contributed by atoms with Gasteiger partial charge in [0.25, 0.3) is 0 Å². The summed E-state index contributed by atoms with van der Waals surface area (Å²) in [6.45, 7) is 0. The molecular formula is C10H7N3O2. The molecule has 1 rings (SSSR count). The van der Waals surface area contributed by atoms with E-state index >= 15 is 0 Å². The normalized spacial score (nSPS) is 8.40. The molecular weight excluding hydrogens is 194 g/mol. The minimum Gasteiger partial charge on any atom is -0.508 e. The average Bonchev–Trinajstić information content (AvgIpc) is 2.22. The first-order chi connectivity index (χ1) is 7.17. The van der Waals surface area contributed by atoms with Crippen molar-refractivity contribution >= 4 is 5.69 Å². The Balaban J connectivity index is 2.89. The van der Waals surface area contributed by atoms with E-state index in [1.165, 1.54) is 18.3 Å². The summed E-state index contributed by atoms with van der Waals surface area (Å²) in [6.07, 6.45) is 1.17. The predicted octanol–water partition coefficient (Wildman–Crippen LogP) is 1.44. The zero-order chi connectivity index (χ0) is 11.3. The van der Waals surface area contributed by atoms with E-state index in [-0.39, 0.29) is 17.1 Å². The number of rotatable bonds is 2. The van der Waals surface area contributed by atoms with Crippen LogP contribution >= 0.6 is 0 Å². The third-order valence-corrected chi connectivity index (χ3v) is 1.59. The Morgan fingerprint density at radius 1 is 1.27 bits per heavy atom. The van der Waals surface area contributed by atoms with Crippen molar-refractivity contribution in [2.24, 2.45) is 0 Å². The molecule has 0 amide bonds. The average molecular weight is 201 g/mol. The minimum atomic E-state index is -0.165. The van der Waals surface area contributed by atoms with Crippen LogP contribution in [0.3, 0.4) is 0 Å². The molecule has 0 aromatic heterocycles. The lowest BCUT2D eigenvalue weighted by molar-refractivity contribution is 0.452. The molecule has 0 aliphatic rings. The first-order valence-electron chi connectivity index (χ1n) is 3.96. The quantitative estimate of drug-likeness (QED) is 0.382. The molecule has 0 unspecified atom stereocenters. The van der Waals surface area contributed by atoms with E-state index in [1.807, 2.05) is 0 Å². The van der Waals surface area contributed by atoms with E-state index in [0.29, 0.717) is 5.69 Å². The molecule has 0 fully saturated rings. The van der Waals surface area contributed by atoms with Gasteiger partial charge < -0.3 is 15.5 Å². The maximum Gasteiger partial charge on any atom is 0.145 e. The van der Waals surface area contributed by atoms with Gasteiger partial charge in [0, 0.05) is 12.3 Å². The number of aromatic hydroxyl groups is 2.